The third-order valence-electron chi connectivity index (χ3n) is 13.9. The number of carbonyl (C=O) groups is 2. The Balaban J connectivity index is 2.69. The van der Waals surface area contributed by atoms with E-state index < -0.39 is 67.4 Å². The number of amides is 1. The normalized spacial score (nSPS) is 19.8. The minimum absolute atomic E-state index is 0.0983. The number of unbranched alkanes of at least 4 members (excludes halogenated alkanes) is 28. The minimum atomic E-state index is -1.62. The first-order valence-electron chi connectivity index (χ1n) is 30.2. The summed E-state index contributed by atoms with van der Waals surface area (Å²) in [7, 11) is 0. The highest BCUT2D eigenvalue weighted by Gasteiger charge is 2.47. The first-order chi connectivity index (χ1) is 36.2. The predicted octanol–water partition coefficient (Wildman–Crippen LogP) is 14.0. The Morgan fingerprint density at radius 3 is 1.58 bits per heavy atom. The zero-order valence-corrected chi connectivity index (χ0v) is 47.2. The molecular weight excluding hydrogens is 931 g/mol. The SMILES string of the molecule is CC/C=C/C=C/C=C\CCCCCCCC(=O)OC1C(OCC(NC(=O)C(O)CCCCCCCCCCCC/C=C\C/C=C\CCCCC)C(O)/C=C/CCCCCCCCCCCC)OC(CO)C(O)C1O. The summed E-state index contributed by atoms with van der Waals surface area (Å²) in [5, 5.41) is 56.9. The summed E-state index contributed by atoms with van der Waals surface area (Å²) in [6, 6.07) is -1.03. The van der Waals surface area contributed by atoms with Crippen molar-refractivity contribution in [1.82, 2.24) is 5.32 Å². The lowest BCUT2D eigenvalue weighted by molar-refractivity contribution is -0.305. The number of nitrogens with one attached hydrogen (secondary N) is 1. The summed E-state index contributed by atoms with van der Waals surface area (Å²) in [4.78, 5) is 26.5. The molecule has 0 saturated carbocycles. The van der Waals surface area contributed by atoms with Gasteiger partial charge in [-0.3, -0.25) is 9.59 Å². The topological polar surface area (TPSA) is 175 Å². The molecule has 1 aliphatic heterocycles. The Morgan fingerprint density at radius 1 is 0.554 bits per heavy atom. The second-order valence-corrected chi connectivity index (χ2v) is 20.8. The van der Waals surface area contributed by atoms with Gasteiger partial charge < -0.3 is 45.1 Å². The van der Waals surface area contributed by atoms with Crippen molar-refractivity contribution in [2.75, 3.05) is 13.2 Å². The van der Waals surface area contributed by atoms with Crippen LogP contribution in [-0.2, 0) is 23.8 Å². The van der Waals surface area contributed by atoms with Crippen molar-refractivity contribution < 1.29 is 49.3 Å². The molecule has 0 aromatic rings. The van der Waals surface area contributed by atoms with E-state index in [-0.39, 0.29) is 19.4 Å². The lowest BCUT2D eigenvalue weighted by Crippen LogP contribution is -2.61. The van der Waals surface area contributed by atoms with E-state index in [1.54, 1.807) is 6.08 Å². The fourth-order valence-electron chi connectivity index (χ4n) is 9.09. The van der Waals surface area contributed by atoms with Crippen LogP contribution in [0.25, 0.3) is 0 Å². The highest BCUT2D eigenvalue weighted by atomic mass is 16.7. The summed E-state index contributed by atoms with van der Waals surface area (Å²) in [5.74, 6) is -1.22. The molecule has 1 fully saturated rings. The van der Waals surface area contributed by atoms with Crippen LogP contribution < -0.4 is 5.32 Å². The number of hydrogen-bond donors (Lipinski definition) is 6. The van der Waals surface area contributed by atoms with Gasteiger partial charge in [-0.2, -0.15) is 0 Å². The quantitative estimate of drug-likeness (QED) is 0.0149. The van der Waals surface area contributed by atoms with E-state index in [1.165, 1.54) is 116 Å². The molecule has 1 aliphatic rings. The number of hydrogen-bond acceptors (Lipinski definition) is 10. The smallest absolute Gasteiger partial charge is 0.306 e. The zero-order chi connectivity index (χ0) is 54.0. The molecule has 1 heterocycles. The van der Waals surface area contributed by atoms with Gasteiger partial charge in [0, 0.05) is 6.42 Å². The molecule has 0 aromatic carbocycles. The zero-order valence-electron chi connectivity index (χ0n) is 47.2. The second-order valence-electron chi connectivity index (χ2n) is 20.8. The van der Waals surface area contributed by atoms with Gasteiger partial charge in [0.1, 0.15) is 24.4 Å². The summed E-state index contributed by atoms with van der Waals surface area (Å²) in [5.41, 5.74) is 0. The Hall–Kier alpha value is -2.90. The number of aliphatic hydroxyl groups is 5. The Morgan fingerprint density at radius 2 is 1.03 bits per heavy atom. The van der Waals surface area contributed by atoms with Crippen LogP contribution in [0, 0.1) is 0 Å². The van der Waals surface area contributed by atoms with Gasteiger partial charge in [0.2, 0.25) is 5.91 Å². The first kappa shape index (κ1) is 69.1. The Kier molecular flexibility index (Phi) is 47.5. The molecule has 11 nitrogen and oxygen atoms in total. The van der Waals surface area contributed by atoms with Gasteiger partial charge >= 0.3 is 5.97 Å². The van der Waals surface area contributed by atoms with E-state index in [1.807, 2.05) is 24.3 Å². The highest BCUT2D eigenvalue weighted by molar-refractivity contribution is 5.80. The van der Waals surface area contributed by atoms with Crippen LogP contribution in [0.5, 0.6) is 0 Å². The third-order valence-corrected chi connectivity index (χ3v) is 13.9. The van der Waals surface area contributed by atoms with E-state index in [0.29, 0.717) is 12.8 Å². The number of carbonyl (C=O) groups excluding carboxylic acids is 2. The molecule has 0 aliphatic carbocycles. The van der Waals surface area contributed by atoms with Crippen LogP contribution in [0.2, 0.25) is 0 Å². The van der Waals surface area contributed by atoms with Crippen molar-refractivity contribution in [3.8, 4) is 0 Å². The second kappa shape index (κ2) is 50.9. The van der Waals surface area contributed by atoms with Crippen molar-refractivity contribution in [2.45, 2.75) is 301 Å². The molecule has 8 atom stereocenters. The molecule has 1 amide bonds. The van der Waals surface area contributed by atoms with Crippen LogP contribution in [0.4, 0.5) is 0 Å². The molecule has 1 saturated heterocycles. The molecule has 6 N–H and O–H groups in total. The van der Waals surface area contributed by atoms with Gasteiger partial charge in [0.25, 0.3) is 0 Å². The molecule has 8 unspecified atom stereocenters. The molecule has 0 bridgehead atoms. The summed E-state index contributed by atoms with van der Waals surface area (Å²) >= 11 is 0. The molecule has 0 spiro atoms. The largest absolute Gasteiger partial charge is 0.454 e. The van der Waals surface area contributed by atoms with Gasteiger partial charge in [-0.1, -0.05) is 241 Å². The lowest BCUT2D eigenvalue weighted by Gasteiger charge is -2.41. The molecule has 0 aromatic heterocycles. The summed E-state index contributed by atoms with van der Waals surface area (Å²) < 4.78 is 17.6. The van der Waals surface area contributed by atoms with Gasteiger partial charge in [-0.05, 0) is 77.0 Å². The van der Waals surface area contributed by atoms with E-state index in [2.05, 4.69) is 68.6 Å². The van der Waals surface area contributed by atoms with Crippen LogP contribution in [0.15, 0.2) is 72.9 Å². The van der Waals surface area contributed by atoms with Crippen LogP contribution in [0.3, 0.4) is 0 Å². The minimum Gasteiger partial charge on any atom is -0.454 e. The Bertz CT molecular complexity index is 1480. The molecule has 1 rings (SSSR count). The number of allylic oxidation sites excluding steroid dienone is 11. The van der Waals surface area contributed by atoms with Crippen LogP contribution >= 0.6 is 0 Å². The number of rotatable bonds is 50. The van der Waals surface area contributed by atoms with E-state index >= 15 is 0 Å². The van der Waals surface area contributed by atoms with Crippen molar-refractivity contribution in [1.29, 1.82) is 0 Å². The number of esters is 1. The standard InChI is InChI=1S/C63H111NO10/c1-4-7-10-13-16-19-22-25-26-27-28-29-30-31-33-35-38-41-44-47-50-56(67)62(71)64-54(55(66)49-46-43-40-37-34-24-21-18-15-12-9-6-3)53-72-63-61(60(70)59(69)57(52-65)73-63)74-58(68)51-48-45-42-39-36-32-23-20-17-14-11-8-5-2/h8,11,14,16-17,19-20,23,25-26,46,49,54-57,59-61,63,65-67,69-70H,4-7,9-10,12-13,15,18,21-22,24,27-45,47-48,50-53H2,1-3H3,(H,64,71)/b11-8+,17-14+,19-16-,23-20-,26-25-,49-46+. The van der Waals surface area contributed by atoms with E-state index in [9.17, 15) is 35.1 Å². The number of aliphatic hydroxyl groups excluding tert-OH is 5. The third kappa shape index (κ3) is 38.6. The molecular formula is C63H111NO10. The summed E-state index contributed by atoms with van der Waals surface area (Å²) in [6.45, 7) is 5.61. The van der Waals surface area contributed by atoms with E-state index in [4.69, 9.17) is 14.2 Å². The fraction of sp³-hybridized carbons (Fsp3) is 0.778. The number of ether oxygens (including phenoxy) is 3. The van der Waals surface area contributed by atoms with Crippen molar-refractivity contribution in [2.24, 2.45) is 0 Å². The maximum Gasteiger partial charge on any atom is 0.306 e. The van der Waals surface area contributed by atoms with E-state index in [0.717, 1.165) is 89.9 Å². The Labute approximate surface area is 451 Å². The van der Waals surface area contributed by atoms with Crippen LogP contribution in [0.1, 0.15) is 252 Å². The maximum absolute atomic E-state index is 13.4. The monoisotopic (exact) mass is 1040 g/mol. The first-order valence-corrected chi connectivity index (χ1v) is 30.2. The van der Waals surface area contributed by atoms with Gasteiger partial charge in [0.15, 0.2) is 12.4 Å². The fourth-order valence-corrected chi connectivity index (χ4v) is 9.09. The van der Waals surface area contributed by atoms with Gasteiger partial charge in [0.05, 0.1) is 25.4 Å². The highest BCUT2D eigenvalue weighted by Crippen LogP contribution is 2.26. The predicted molar refractivity (Wildman–Crippen MR) is 306 cm³/mol. The maximum atomic E-state index is 13.4. The van der Waals surface area contributed by atoms with Gasteiger partial charge in [-0.15, -0.1) is 0 Å². The average Bonchev–Trinajstić information content (AvgIpc) is 3.40. The van der Waals surface area contributed by atoms with Crippen molar-refractivity contribution in [3.63, 3.8) is 0 Å². The molecule has 0 radical (unpaired) electrons. The average molecular weight is 1040 g/mol. The molecule has 11 heteroatoms. The van der Waals surface area contributed by atoms with Crippen LogP contribution in [-0.4, -0.2) is 99.6 Å². The van der Waals surface area contributed by atoms with Crippen molar-refractivity contribution in [3.05, 3.63) is 72.9 Å². The lowest BCUT2D eigenvalue weighted by atomic mass is 9.99. The molecule has 428 valence electrons. The summed E-state index contributed by atoms with van der Waals surface area (Å²) in [6.07, 6.45) is 53.7. The molecule has 74 heavy (non-hydrogen) atoms. The van der Waals surface area contributed by atoms with Gasteiger partial charge in [-0.25, -0.2) is 0 Å². The van der Waals surface area contributed by atoms with Crippen molar-refractivity contribution >= 4 is 11.9 Å².